The minimum Gasteiger partial charge on any atom is -0.309 e. The second kappa shape index (κ2) is 24.4. The monoisotopic (exact) mass is 1270 g/mol. The Morgan fingerprint density at radius 3 is 0.630 bits per heavy atom. The Hall–Kier alpha value is -13.3. The molecule has 4 nitrogen and oxygen atoms in total. The largest absolute Gasteiger partial charge is 0.309 e. The second-order valence-electron chi connectivity index (χ2n) is 25.9. The summed E-state index contributed by atoms with van der Waals surface area (Å²) in [5.74, 6) is 0. The Bertz CT molecular complexity index is 6260. The summed E-state index contributed by atoms with van der Waals surface area (Å²) in [5, 5.41) is 10.1. The van der Waals surface area contributed by atoms with Gasteiger partial charge in [0.05, 0.1) is 44.1 Å². The third-order valence-electron chi connectivity index (χ3n) is 20.3. The highest BCUT2D eigenvalue weighted by atomic mass is 15.0. The summed E-state index contributed by atoms with van der Waals surface area (Å²) in [5.41, 5.74) is 29.0. The van der Waals surface area contributed by atoms with Gasteiger partial charge in [-0.2, -0.15) is 0 Å². The fourth-order valence-electron chi connectivity index (χ4n) is 15.8. The molecule has 0 radical (unpaired) electrons. The highest BCUT2D eigenvalue weighted by Gasteiger charge is 2.24. The molecule has 0 aliphatic carbocycles. The van der Waals surface area contributed by atoms with Crippen molar-refractivity contribution >= 4 is 87.2 Å². The standard InChI is InChI=1S/2C48H32N2/c1-3-14-33(15-4-1)35-28-30-37(31-29-35)49-43-24-9-7-20-41(43)47-39(22-12-26-45(47)49)40-23-13-27-46-48(40)42-21-8-10-25-44(42)50(46)38-19-11-18-36(32-38)34-16-5-2-6-17-34;1-3-13-33(14-4-1)35-25-29-37(30-26-35)49-43-21-9-7-17-41(43)47-39(19-11-23-45(47)49)40-20-12-24-46-48(40)42-18-8-10-22-44(42)50(46)38-31-27-36(28-32-38)34-15-5-2-6-16-34/h2*1-32H. The van der Waals surface area contributed by atoms with Gasteiger partial charge < -0.3 is 18.3 Å². The molecule has 0 saturated carbocycles. The molecule has 20 aromatic rings. The van der Waals surface area contributed by atoms with Crippen molar-refractivity contribution in [2.75, 3.05) is 0 Å². The first-order chi connectivity index (χ1) is 49.7. The highest BCUT2D eigenvalue weighted by molar-refractivity contribution is 6.24. The lowest BCUT2D eigenvalue weighted by atomic mass is 9.95. The lowest BCUT2D eigenvalue weighted by molar-refractivity contribution is 1.18. The van der Waals surface area contributed by atoms with Crippen molar-refractivity contribution in [1.29, 1.82) is 0 Å². The van der Waals surface area contributed by atoms with Gasteiger partial charge in [-0.25, -0.2) is 0 Å². The topological polar surface area (TPSA) is 19.7 Å². The van der Waals surface area contributed by atoms with Crippen LogP contribution in [-0.4, -0.2) is 18.3 Å². The molecule has 0 aliphatic rings. The number of para-hydroxylation sites is 4. The van der Waals surface area contributed by atoms with E-state index >= 15 is 0 Å². The van der Waals surface area contributed by atoms with E-state index in [1.807, 2.05) is 0 Å². The van der Waals surface area contributed by atoms with Crippen LogP contribution in [0.5, 0.6) is 0 Å². The quantitative estimate of drug-likeness (QED) is 0.130. The van der Waals surface area contributed by atoms with Crippen LogP contribution in [0.2, 0.25) is 0 Å². The van der Waals surface area contributed by atoms with Gasteiger partial charge in [0.25, 0.3) is 0 Å². The van der Waals surface area contributed by atoms with Gasteiger partial charge in [-0.15, -0.1) is 0 Å². The lowest BCUT2D eigenvalue weighted by Crippen LogP contribution is -1.94. The zero-order chi connectivity index (χ0) is 66.0. The van der Waals surface area contributed by atoms with Gasteiger partial charge >= 0.3 is 0 Å². The van der Waals surface area contributed by atoms with Gasteiger partial charge in [-0.1, -0.05) is 291 Å². The third kappa shape index (κ3) is 9.76. The fraction of sp³-hybridized carbons (Fsp3) is 0. The molecule has 4 heteroatoms. The van der Waals surface area contributed by atoms with Crippen LogP contribution in [-0.2, 0) is 0 Å². The predicted molar refractivity (Wildman–Crippen MR) is 423 cm³/mol. The number of benzene rings is 16. The summed E-state index contributed by atoms with van der Waals surface area (Å²) in [4.78, 5) is 0. The molecule has 0 bridgehead atoms. The van der Waals surface area contributed by atoms with E-state index in [4.69, 9.17) is 0 Å². The van der Waals surface area contributed by atoms with E-state index < -0.39 is 0 Å². The Labute approximate surface area is 579 Å². The third-order valence-corrected chi connectivity index (χ3v) is 20.3. The van der Waals surface area contributed by atoms with Crippen LogP contribution >= 0.6 is 0 Å². The summed E-state index contributed by atoms with van der Waals surface area (Å²) >= 11 is 0. The van der Waals surface area contributed by atoms with Crippen LogP contribution < -0.4 is 0 Å². The van der Waals surface area contributed by atoms with Crippen molar-refractivity contribution in [3.63, 3.8) is 0 Å². The van der Waals surface area contributed by atoms with Gasteiger partial charge in [0, 0.05) is 65.8 Å². The van der Waals surface area contributed by atoms with E-state index in [9.17, 15) is 0 Å². The van der Waals surface area contributed by atoms with Crippen LogP contribution in [0.3, 0.4) is 0 Å². The number of hydrogen-bond acceptors (Lipinski definition) is 0. The maximum absolute atomic E-state index is 2.43. The lowest BCUT2D eigenvalue weighted by Gasteiger charge is -2.12. The van der Waals surface area contributed by atoms with Crippen LogP contribution in [0.25, 0.3) is 177 Å². The van der Waals surface area contributed by atoms with Crippen molar-refractivity contribution in [2.24, 2.45) is 0 Å². The molecule has 0 saturated heterocycles. The Morgan fingerprint density at radius 2 is 0.340 bits per heavy atom. The van der Waals surface area contributed by atoms with Crippen molar-refractivity contribution in [1.82, 2.24) is 18.3 Å². The molecule has 20 rings (SSSR count). The molecule has 100 heavy (non-hydrogen) atoms. The molecule has 468 valence electrons. The van der Waals surface area contributed by atoms with Gasteiger partial charge in [0.15, 0.2) is 0 Å². The minimum absolute atomic E-state index is 1.15. The molecule has 4 aromatic heterocycles. The Balaban J connectivity index is 0.000000139. The maximum Gasteiger partial charge on any atom is 0.0547 e. The number of rotatable bonds is 10. The van der Waals surface area contributed by atoms with Gasteiger partial charge in [0.2, 0.25) is 0 Å². The SMILES string of the molecule is c1ccc(-c2ccc(-n3c4ccccc4c4c(-c5cccc6c5c5ccccc5n6-c5ccc(-c6ccccc6)cc5)cccc43)cc2)cc1.c1ccc(-c2ccc(-n3c4ccccc4c4c(-c5cccc6c5c5ccccc5n6-c5cccc(-c6ccccc6)c5)cccc43)cc2)cc1. The van der Waals surface area contributed by atoms with E-state index in [0.29, 0.717) is 0 Å². The van der Waals surface area contributed by atoms with Crippen molar-refractivity contribution < 1.29 is 0 Å². The second-order valence-corrected chi connectivity index (χ2v) is 25.9. The molecule has 0 atom stereocenters. The first-order valence-electron chi connectivity index (χ1n) is 34.4. The molecule has 0 unspecified atom stereocenters. The number of fused-ring (bicyclic) bond motifs is 12. The summed E-state index contributed by atoms with van der Waals surface area (Å²) < 4.78 is 9.68. The summed E-state index contributed by atoms with van der Waals surface area (Å²) in [6, 6.07) is 141. The van der Waals surface area contributed by atoms with E-state index in [1.165, 1.54) is 154 Å². The van der Waals surface area contributed by atoms with Crippen LogP contribution in [0.4, 0.5) is 0 Å². The first kappa shape index (κ1) is 58.1. The van der Waals surface area contributed by atoms with Crippen molar-refractivity contribution in [2.45, 2.75) is 0 Å². The van der Waals surface area contributed by atoms with Crippen LogP contribution in [0.15, 0.2) is 388 Å². The average molecular weight is 1270 g/mol. The molecule has 0 amide bonds. The zero-order valence-corrected chi connectivity index (χ0v) is 54.7. The minimum atomic E-state index is 1.15. The van der Waals surface area contributed by atoms with E-state index in [2.05, 4.69) is 407 Å². The normalized spacial score (nSPS) is 11.6. The molecule has 0 N–H and O–H groups in total. The van der Waals surface area contributed by atoms with Gasteiger partial charge in [-0.05, 0) is 164 Å². The molecular weight excluding hydrogens is 1210 g/mol. The molecule has 0 fully saturated rings. The van der Waals surface area contributed by atoms with Crippen LogP contribution in [0.1, 0.15) is 0 Å². The Kier molecular flexibility index (Phi) is 14.2. The number of aromatic nitrogens is 4. The van der Waals surface area contributed by atoms with Crippen LogP contribution in [0, 0.1) is 0 Å². The summed E-state index contributed by atoms with van der Waals surface area (Å²) in [6.07, 6.45) is 0. The highest BCUT2D eigenvalue weighted by Crippen LogP contribution is 2.47. The summed E-state index contributed by atoms with van der Waals surface area (Å²) in [6.45, 7) is 0. The molecule has 0 aliphatic heterocycles. The fourth-order valence-corrected chi connectivity index (χ4v) is 15.8. The summed E-state index contributed by atoms with van der Waals surface area (Å²) in [7, 11) is 0. The molecular formula is C96H64N4. The molecule has 0 spiro atoms. The van der Waals surface area contributed by atoms with Crippen molar-refractivity contribution in [3.05, 3.63) is 388 Å². The zero-order valence-electron chi connectivity index (χ0n) is 54.7. The Morgan fingerprint density at radius 1 is 0.130 bits per heavy atom. The van der Waals surface area contributed by atoms with Gasteiger partial charge in [0.1, 0.15) is 0 Å². The predicted octanol–water partition coefficient (Wildman–Crippen LogP) is 25.8. The smallest absolute Gasteiger partial charge is 0.0547 e. The van der Waals surface area contributed by atoms with Gasteiger partial charge in [-0.3, -0.25) is 0 Å². The van der Waals surface area contributed by atoms with E-state index in [0.717, 1.165) is 22.7 Å². The molecule has 16 aromatic carbocycles. The van der Waals surface area contributed by atoms with Crippen molar-refractivity contribution in [3.8, 4) is 89.5 Å². The average Bonchev–Trinajstić information content (AvgIpc) is 1.57. The maximum atomic E-state index is 2.43. The van der Waals surface area contributed by atoms with E-state index in [-0.39, 0.29) is 0 Å². The first-order valence-corrected chi connectivity index (χ1v) is 34.4. The number of nitrogens with zero attached hydrogens (tertiary/aromatic N) is 4. The van der Waals surface area contributed by atoms with E-state index in [1.54, 1.807) is 0 Å². The number of hydrogen-bond donors (Lipinski definition) is 0. The molecule has 4 heterocycles.